The van der Waals surface area contributed by atoms with E-state index < -0.39 is 0 Å². The Hall–Kier alpha value is -2.49. The molecule has 0 amide bonds. The lowest BCUT2D eigenvalue weighted by Crippen LogP contribution is -2.37. The molecule has 1 heterocycles. The van der Waals surface area contributed by atoms with Gasteiger partial charge in [0.05, 0.1) is 6.67 Å². The Labute approximate surface area is 175 Å². The second kappa shape index (κ2) is 7.86. The van der Waals surface area contributed by atoms with Gasteiger partial charge in [-0.15, -0.1) is 0 Å². The standard InChI is InChI=1S/C23H20Cl2N2O/c1-16-2-10-20(11-3-16)26-14-22(23(28)17-4-6-18(24)7-5-17)27(15-26)21-12-8-19(25)9-13-21/h2-13,22H,14-15H2,1H3. The molecule has 1 aliphatic heterocycles. The summed E-state index contributed by atoms with van der Waals surface area (Å²) in [6.45, 7) is 3.32. The summed E-state index contributed by atoms with van der Waals surface area (Å²) < 4.78 is 0. The van der Waals surface area contributed by atoms with Crippen molar-refractivity contribution >= 4 is 40.4 Å². The Bertz CT molecular complexity index is 969. The van der Waals surface area contributed by atoms with Crippen molar-refractivity contribution in [3.8, 4) is 0 Å². The van der Waals surface area contributed by atoms with Crippen molar-refractivity contribution in [1.29, 1.82) is 0 Å². The molecular weight excluding hydrogens is 391 g/mol. The molecule has 1 atom stereocenters. The smallest absolute Gasteiger partial charge is 0.187 e. The Balaban J connectivity index is 1.67. The zero-order chi connectivity index (χ0) is 19.7. The van der Waals surface area contributed by atoms with E-state index in [1.165, 1.54) is 5.56 Å². The van der Waals surface area contributed by atoms with Gasteiger partial charge in [-0.25, -0.2) is 0 Å². The van der Waals surface area contributed by atoms with Crippen LogP contribution < -0.4 is 9.80 Å². The maximum Gasteiger partial charge on any atom is 0.187 e. The number of nitrogens with zero attached hydrogens (tertiary/aromatic N) is 2. The van der Waals surface area contributed by atoms with Gasteiger partial charge in [-0.1, -0.05) is 40.9 Å². The zero-order valence-corrected chi connectivity index (χ0v) is 17.0. The van der Waals surface area contributed by atoms with Crippen LogP contribution in [0, 0.1) is 6.92 Å². The number of benzene rings is 3. The number of anilines is 2. The number of aryl methyl sites for hydroxylation is 1. The highest BCUT2D eigenvalue weighted by atomic mass is 35.5. The number of Topliss-reactive ketones (excluding diaryl/α,β-unsaturated/α-hetero) is 1. The molecule has 4 rings (SSSR count). The predicted octanol–water partition coefficient (Wildman–Crippen LogP) is 5.84. The molecule has 0 radical (unpaired) electrons. The molecule has 1 saturated heterocycles. The summed E-state index contributed by atoms with van der Waals surface area (Å²) in [5.74, 6) is 0.0845. The molecule has 0 saturated carbocycles. The van der Waals surface area contributed by atoms with Gasteiger partial charge in [0, 0.05) is 33.5 Å². The van der Waals surface area contributed by atoms with E-state index in [0.717, 1.165) is 11.4 Å². The number of ketones is 1. The minimum Gasteiger partial charge on any atom is -0.351 e. The third-order valence-electron chi connectivity index (χ3n) is 5.08. The average molecular weight is 411 g/mol. The molecule has 3 nitrogen and oxygen atoms in total. The lowest BCUT2D eigenvalue weighted by atomic mass is 10.0. The minimum atomic E-state index is -0.288. The van der Waals surface area contributed by atoms with E-state index >= 15 is 0 Å². The Morgan fingerprint density at radius 1 is 0.821 bits per heavy atom. The van der Waals surface area contributed by atoms with Crippen LogP contribution in [0.15, 0.2) is 72.8 Å². The third kappa shape index (κ3) is 3.87. The van der Waals surface area contributed by atoms with E-state index in [9.17, 15) is 4.79 Å². The highest BCUT2D eigenvalue weighted by molar-refractivity contribution is 6.31. The van der Waals surface area contributed by atoms with Crippen LogP contribution in [0.2, 0.25) is 10.0 Å². The van der Waals surface area contributed by atoms with E-state index in [4.69, 9.17) is 23.2 Å². The molecule has 0 aliphatic carbocycles. The second-order valence-electron chi connectivity index (χ2n) is 7.03. The van der Waals surface area contributed by atoms with Crippen molar-refractivity contribution in [2.75, 3.05) is 23.0 Å². The Morgan fingerprint density at radius 3 is 1.96 bits per heavy atom. The molecule has 0 bridgehead atoms. The molecule has 5 heteroatoms. The average Bonchev–Trinajstić information content (AvgIpc) is 3.14. The van der Waals surface area contributed by atoms with Crippen LogP contribution in [0.4, 0.5) is 11.4 Å². The third-order valence-corrected chi connectivity index (χ3v) is 5.59. The van der Waals surface area contributed by atoms with Crippen molar-refractivity contribution < 1.29 is 4.79 Å². The highest BCUT2D eigenvalue weighted by Crippen LogP contribution is 2.30. The molecule has 142 valence electrons. The van der Waals surface area contributed by atoms with Crippen LogP contribution in [0.1, 0.15) is 15.9 Å². The summed E-state index contributed by atoms with van der Waals surface area (Å²) in [5, 5.41) is 1.30. The lowest BCUT2D eigenvalue weighted by Gasteiger charge is -2.25. The summed E-state index contributed by atoms with van der Waals surface area (Å²) in [6, 6.07) is 22.8. The van der Waals surface area contributed by atoms with Crippen molar-refractivity contribution in [2.45, 2.75) is 13.0 Å². The van der Waals surface area contributed by atoms with Gasteiger partial charge in [-0.05, 0) is 67.6 Å². The quantitative estimate of drug-likeness (QED) is 0.504. The first kappa shape index (κ1) is 18.9. The topological polar surface area (TPSA) is 23.6 Å². The first-order chi connectivity index (χ1) is 13.5. The van der Waals surface area contributed by atoms with Crippen LogP contribution in [0.25, 0.3) is 0 Å². The number of hydrogen-bond donors (Lipinski definition) is 0. The molecule has 0 aromatic heterocycles. The predicted molar refractivity (Wildman–Crippen MR) is 117 cm³/mol. The first-order valence-electron chi connectivity index (χ1n) is 9.15. The van der Waals surface area contributed by atoms with Crippen LogP contribution >= 0.6 is 23.2 Å². The zero-order valence-electron chi connectivity index (χ0n) is 15.5. The largest absolute Gasteiger partial charge is 0.351 e. The number of carbonyl (C=O) groups is 1. The van der Waals surface area contributed by atoms with Crippen molar-refractivity contribution in [1.82, 2.24) is 0 Å². The van der Waals surface area contributed by atoms with Gasteiger partial charge in [-0.3, -0.25) is 4.79 Å². The molecule has 3 aromatic carbocycles. The van der Waals surface area contributed by atoms with Crippen molar-refractivity contribution in [3.63, 3.8) is 0 Å². The van der Waals surface area contributed by atoms with Crippen LogP contribution in [0.5, 0.6) is 0 Å². The molecular formula is C23H20Cl2N2O. The minimum absolute atomic E-state index is 0.0845. The number of rotatable bonds is 4. The van der Waals surface area contributed by atoms with Gasteiger partial charge in [0.25, 0.3) is 0 Å². The number of carbonyl (C=O) groups excluding carboxylic acids is 1. The van der Waals surface area contributed by atoms with Crippen LogP contribution in [-0.4, -0.2) is 25.0 Å². The first-order valence-corrected chi connectivity index (χ1v) is 9.90. The fraction of sp³-hybridized carbons (Fsp3) is 0.174. The second-order valence-corrected chi connectivity index (χ2v) is 7.91. The SMILES string of the molecule is Cc1ccc(N2CC(C(=O)c3ccc(Cl)cc3)N(c3ccc(Cl)cc3)C2)cc1. The fourth-order valence-corrected chi connectivity index (χ4v) is 3.77. The van der Waals surface area contributed by atoms with E-state index in [1.807, 2.05) is 24.3 Å². The van der Waals surface area contributed by atoms with E-state index in [1.54, 1.807) is 24.3 Å². The summed E-state index contributed by atoms with van der Waals surface area (Å²) >= 11 is 12.0. The van der Waals surface area contributed by atoms with Gasteiger partial charge < -0.3 is 9.80 Å². The lowest BCUT2D eigenvalue weighted by molar-refractivity contribution is 0.0968. The number of hydrogen-bond acceptors (Lipinski definition) is 3. The van der Waals surface area contributed by atoms with Gasteiger partial charge >= 0.3 is 0 Å². The van der Waals surface area contributed by atoms with Crippen molar-refractivity contribution in [2.24, 2.45) is 0 Å². The maximum atomic E-state index is 13.3. The normalized spacial score (nSPS) is 16.5. The Morgan fingerprint density at radius 2 is 1.36 bits per heavy atom. The van der Waals surface area contributed by atoms with Gasteiger partial charge in [0.2, 0.25) is 0 Å². The molecule has 0 spiro atoms. The van der Waals surface area contributed by atoms with Crippen LogP contribution in [0.3, 0.4) is 0 Å². The van der Waals surface area contributed by atoms with E-state index in [2.05, 4.69) is 41.0 Å². The van der Waals surface area contributed by atoms with E-state index in [-0.39, 0.29) is 11.8 Å². The molecule has 1 fully saturated rings. The number of halogens is 2. The monoisotopic (exact) mass is 410 g/mol. The molecule has 1 aliphatic rings. The maximum absolute atomic E-state index is 13.3. The van der Waals surface area contributed by atoms with Gasteiger partial charge in [0.15, 0.2) is 5.78 Å². The molecule has 1 unspecified atom stereocenters. The summed E-state index contributed by atoms with van der Waals surface area (Å²) in [6.07, 6.45) is 0. The summed E-state index contributed by atoms with van der Waals surface area (Å²) in [7, 11) is 0. The highest BCUT2D eigenvalue weighted by Gasteiger charge is 2.36. The van der Waals surface area contributed by atoms with Gasteiger partial charge in [0.1, 0.15) is 6.04 Å². The fourth-order valence-electron chi connectivity index (χ4n) is 3.52. The summed E-state index contributed by atoms with van der Waals surface area (Å²) in [4.78, 5) is 17.7. The van der Waals surface area contributed by atoms with Crippen molar-refractivity contribution in [3.05, 3.63) is 94.0 Å². The van der Waals surface area contributed by atoms with Gasteiger partial charge in [-0.2, -0.15) is 0 Å². The molecule has 0 N–H and O–H groups in total. The Kier molecular flexibility index (Phi) is 5.29. The summed E-state index contributed by atoms with van der Waals surface area (Å²) in [5.41, 5.74) is 3.97. The van der Waals surface area contributed by atoms with E-state index in [0.29, 0.717) is 28.8 Å². The molecule has 3 aromatic rings. The van der Waals surface area contributed by atoms with Crippen LogP contribution in [-0.2, 0) is 0 Å². The molecule has 28 heavy (non-hydrogen) atoms.